The lowest BCUT2D eigenvalue weighted by atomic mass is 10.3. The fraction of sp³-hybridized carbons (Fsp3) is 0.250. The Hall–Kier alpha value is -1.76. The number of amides is 1. The van der Waals surface area contributed by atoms with Gasteiger partial charge in [-0.3, -0.25) is 4.79 Å². The zero-order valence-electron chi connectivity index (χ0n) is 6.72. The van der Waals surface area contributed by atoms with Gasteiger partial charge < -0.3 is 10.3 Å². The lowest BCUT2D eigenvalue weighted by molar-refractivity contribution is -0.115. The molecule has 0 saturated carbocycles. The topological polar surface area (TPSA) is 68.7 Å². The van der Waals surface area contributed by atoms with Crippen LogP contribution in [0.25, 0.3) is 0 Å². The van der Waals surface area contributed by atoms with E-state index >= 15 is 0 Å². The minimum Gasteiger partial charge on any atom is -0.365 e. The lowest BCUT2D eigenvalue weighted by Crippen LogP contribution is -2.09. The normalized spacial score (nSPS) is 9.00. The number of rotatable bonds is 2. The molecule has 1 aromatic rings. The monoisotopic (exact) mass is 163 g/mol. The number of nitrogens with one attached hydrogen (secondary N) is 2. The maximum absolute atomic E-state index is 10.9. The average Bonchev–Trinajstić information content (AvgIpc) is 2.51. The summed E-state index contributed by atoms with van der Waals surface area (Å²) in [6, 6.07) is 1.96. The fourth-order valence-electron chi connectivity index (χ4n) is 0.798. The summed E-state index contributed by atoms with van der Waals surface area (Å²) in [4.78, 5) is 13.7. The van der Waals surface area contributed by atoms with Crippen LogP contribution in [0.5, 0.6) is 0 Å². The van der Waals surface area contributed by atoms with E-state index in [0.29, 0.717) is 17.7 Å². The molecule has 1 amide bonds. The van der Waals surface area contributed by atoms with Gasteiger partial charge in [-0.25, -0.2) is 0 Å². The number of hydrogen-bond donors (Lipinski definition) is 2. The first-order valence-corrected chi connectivity index (χ1v) is 3.64. The van der Waals surface area contributed by atoms with Crippen LogP contribution in [0.15, 0.2) is 12.4 Å². The van der Waals surface area contributed by atoms with Crippen LogP contribution >= 0.6 is 0 Å². The van der Waals surface area contributed by atoms with Crippen molar-refractivity contribution >= 4 is 11.6 Å². The largest absolute Gasteiger partial charge is 0.365 e. The third-order valence-electron chi connectivity index (χ3n) is 1.46. The van der Waals surface area contributed by atoms with Crippen LogP contribution in [0.3, 0.4) is 0 Å². The van der Waals surface area contributed by atoms with E-state index < -0.39 is 0 Å². The van der Waals surface area contributed by atoms with Crippen molar-refractivity contribution in [1.82, 2.24) is 4.98 Å². The fourth-order valence-corrected chi connectivity index (χ4v) is 0.798. The third-order valence-corrected chi connectivity index (χ3v) is 1.46. The summed E-state index contributed by atoms with van der Waals surface area (Å²) in [5.74, 6) is -0.0916. The van der Waals surface area contributed by atoms with Crippen LogP contribution in [0.4, 0.5) is 5.69 Å². The lowest BCUT2D eigenvalue weighted by Gasteiger charge is -1.98. The highest BCUT2D eigenvalue weighted by atomic mass is 16.1. The Labute approximate surface area is 70.2 Å². The molecule has 2 N–H and O–H groups in total. The standard InChI is InChI=1S/C8H9N3O/c1-2-8(12)11-7-5-10-4-6(7)3-9/h4-5,10H,2H2,1H3,(H,11,12). The molecule has 1 aromatic heterocycles. The summed E-state index contributed by atoms with van der Waals surface area (Å²) < 4.78 is 0. The molecule has 0 spiro atoms. The Balaban J connectivity index is 2.76. The van der Waals surface area contributed by atoms with Crippen LogP contribution in [-0.4, -0.2) is 10.9 Å². The summed E-state index contributed by atoms with van der Waals surface area (Å²) >= 11 is 0. The van der Waals surface area contributed by atoms with Gasteiger partial charge in [-0.2, -0.15) is 5.26 Å². The van der Waals surface area contributed by atoms with Crippen molar-refractivity contribution in [2.45, 2.75) is 13.3 Å². The second-order valence-corrected chi connectivity index (χ2v) is 2.30. The summed E-state index contributed by atoms with van der Waals surface area (Å²) in [5, 5.41) is 11.2. The van der Waals surface area contributed by atoms with Crippen LogP contribution in [0, 0.1) is 11.3 Å². The zero-order chi connectivity index (χ0) is 8.97. The molecule has 1 heterocycles. The Kier molecular flexibility index (Phi) is 2.49. The molecule has 12 heavy (non-hydrogen) atoms. The number of nitrogens with zero attached hydrogens (tertiary/aromatic N) is 1. The third kappa shape index (κ3) is 1.64. The highest BCUT2D eigenvalue weighted by molar-refractivity contribution is 5.91. The molecule has 0 bridgehead atoms. The first-order valence-electron chi connectivity index (χ1n) is 3.64. The molecule has 0 aliphatic heterocycles. The van der Waals surface area contributed by atoms with E-state index in [1.165, 1.54) is 0 Å². The molecular weight excluding hydrogens is 154 g/mol. The summed E-state index contributed by atoms with van der Waals surface area (Å²) in [6.45, 7) is 1.76. The molecular formula is C8H9N3O. The van der Waals surface area contributed by atoms with E-state index in [4.69, 9.17) is 5.26 Å². The van der Waals surface area contributed by atoms with Gasteiger partial charge in [-0.1, -0.05) is 6.92 Å². The number of carbonyl (C=O) groups is 1. The quantitative estimate of drug-likeness (QED) is 0.688. The van der Waals surface area contributed by atoms with E-state index in [0.717, 1.165) is 0 Å². The minimum absolute atomic E-state index is 0.0916. The summed E-state index contributed by atoms with van der Waals surface area (Å²) in [5.41, 5.74) is 1.00. The minimum atomic E-state index is -0.0916. The number of carbonyl (C=O) groups excluding carboxylic acids is 1. The van der Waals surface area contributed by atoms with Gasteiger partial charge in [0.2, 0.25) is 5.91 Å². The molecule has 0 radical (unpaired) electrons. The molecule has 0 saturated heterocycles. The average molecular weight is 163 g/mol. The van der Waals surface area contributed by atoms with Gasteiger partial charge in [0.1, 0.15) is 6.07 Å². The van der Waals surface area contributed by atoms with Gasteiger partial charge in [0, 0.05) is 18.8 Å². The van der Waals surface area contributed by atoms with E-state index in [2.05, 4.69) is 10.3 Å². The van der Waals surface area contributed by atoms with Crippen molar-refractivity contribution in [3.05, 3.63) is 18.0 Å². The first kappa shape index (κ1) is 8.34. The highest BCUT2D eigenvalue weighted by Gasteiger charge is 2.04. The van der Waals surface area contributed by atoms with Crippen molar-refractivity contribution < 1.29 is 4.79 Å². The van der Waals surface area contributed by atoms with Gasteiger partial charge in [0.25, 0.3) is 0 Å². The summed E-state index contributed by atoms with van der Waals surface area (Å²) in [6.07, 6.45) is 3.55. The van der Waals surface area contributed by atoms with Crippen molar-refractivity contribution in [3.8, 4) is 6.07 Å². The molecule has 0 aliphatic rings. The van der Waals surface area contributed by atoms with Gasteiger partial charge in [0.15, 0.2) is 0 Å². The number of aromatic nitrogens is 1. The number of hydrogen-bond acceptors (Lipinski definition) is 2. The van der Waals surface area contributed by atoms with Crippen LogP contribution < -0.4 is 5.32 Å². The molecule has 0 aromatic carbocycles. The zero-order valence-corrected chi connectivity index (χ0v) is 6.72. The summed E-state index contributed by atoms with van der Waals surface area (Å²) in [7, 11) is 0. The van der Waals surface area contributed by atoms with Crippen LogP contribution in [-0.2, 0) is 4.79 Å². The Bertz CT molecular complexity index is 321. The molecule has 62 valence electrons. The van der Waals surface area contributed by atoms with E-state index in [1.807, 2.05) is 6.07 Å². The van der Waals surface area contributed by atoms with E-state index in [9.17, 15) is 4.79 Å². The molecule has 1 rings (SSSR count). The Morgan fingerprint density at radius 3 is 3.08 bits per heavy atom. The van der Waals surface area contributed by atoms with Crippen molar-refractivity contribution in [1.29, 1.82) is 5.26 Å². The number of H-pyrrole nitrogens is 1. The molecule has 4 nitrogen and oxygen atoms in total. The maximum atomic E-state index is 10.9. The first-order chi connectivity index (χ1) is 5.77. The van der Waals surface area contributed by atoms with Gasteiger partial charge in [-0.05, 0) is 0 Å². The predicted octanol–water partition coefficient (Wildman–Crippen LogP) is 1.23. The van der Waals surface area contributed by atoms with E-state index in [1.54, 1.807) is 19.3 Å². The van der Waals surface area contributed by atoms with Gasteiger partial charge >= 0.3 is 0 Å². The van der Waals surface area contributed by atoms with Gasteiger partial charge in [-0.15, -0.1) is 0 Å². The predicted molar refractivity (Wildman–Crippen MR) is 44.4 cm³/mol. The van der Waals surface area contributed by atoms with Crippen molar-refractivity contribution in [3.63, 3.8) is 0 Å². The van der Waals surface area contributed by atoms with Crippen LogP contribution in [0.1, 0.15) is 18.9 Å². The highest BCUT2D eigenvalue weighted by Crippen LogP contribution is 2.12. The Morgan fingerprint density at radius 1 is 1.75 bits per heavy atom. The molecule has 0 atom stereocenters. The number of nitriles is 1. The van der Waals surface area contributed by atoms with E-state index in [-0.39, 0.29) is 5.91 Å². The maximum Gasteiger partial charge on any atom is 0.224 e. The molecule has 4 heteroatoms. The molecule has 0 fully saturated rings. The van der Waals surface area contributed by atoms with Crippen molar-refractivity contribution in [2.24, 2.45) is 0 Å². The van der Waals surface area contributed by atoms with Crippen molar-refractivity contribution in [2.75, 3.05) is 5.32 Å². The smallest absolute Gasteiger partial charge is 0.224 e. The SMILES string of the molecule is CCC(=O)Nc1c[nH]cc1C#N. The molecule has 0 aliphatic carbocycles. The second kappa shape index (κ2) is 3.58. The van der Waals surface area contributed by atoms with Gasteiger partial charge in [0.05, 0.1) is 11.3 Å². The number of anilines is 1. The Morgan fingerprint density at radius 2 is 2.50 bits per heavy atom. The second-order valence-electron chi connectivity index (χ2n) is 2.30. The molecule has 0 unspecified atom stereocenters. The number of aromatic amines is 1. The van der Waals surface area contributed by atoms with Crippen LogP contribution in [0.2, 0.25) is 0 Å².